The van der Waals surface area contributed by atoms with Gasteiger partial charge in [-0.05, 0) is 6.07 Å². The molecule has 5 heteroatoms. The Hall–Kier alpha value is -1.91. The third-order valence-electron chi connectivity index (χ3n) is 3.27. The Balaban J connectivity index is 1.96. The van der Waals surface area contributed by atoms with Crippen molar-refractivity contribution in [2.24, 2.45) is 16.1 Å². The molecule has 0 bridgehead atoms. The third kappa shape index (κ3) is 1.67. The fourth-order valence-electron chi connectivity index (χ4n) is 2.48. The number of carboxylic acid groups (broad SMARTS) is 1. The number of ether oxygens (including phenoxy) is 1. The van der Waals surface area contributed by atoms with Gasteiger partial charge in [-0.2, -0.15) is 10.2 Å². The lowest BCUT2D eigenvalue weighted by molar-refractivity contribution is -0.139. The first kappa shape index (κ1) is 10.3. The van der Waals surface area contributed by atoms with Crippen LogP contribution in [0.25, 0.3) is 0 Å². The van der Waals surface area contributed by atoms with E-state index in [1.54, 1.807) is 0 Å². The first-order valence-electron chi connectivity index (χ1n) is 5.59. The van der Waals surface area contributed by atoms with E-state index < -0.39 is 5.97 Å². The largest absolute Gasteiger partial charge is 0.489 e. The molecule has 2 aliphatic heterocycles. The van der Waals surface area contributed by atoms with Crippen LogP contribution in [-0.4, -0.2) is 23.7 Å². The van der Waals surface area contributed by atoms with Gasteiger partial charge in [0.2, 0.25) is 0 Å². The van der Waals surface area contributed by atoms with E-state index in [2.05, 4.69) is 10.2 Å². The molecule has 0 radical (unpaired) electrons. The highest BCUT2D eigenvalue weighted by Gasteiger charge is 2.41. The zero-order valence-corrected chi connectivity index (χ0v) is 9.11. The fraction of sp³-hybridized carbons (Fsp3) is 0.417. The van der Waals surface area contributed by atoms with Crippen molar-refractivity contribution < 1.29 is 14.6 Å². The van der Waals surface area contributed by atoms with Crippen molar-refractivity contribution in [3.63, 3.8) is 0 Å². The van der Waals surface area contributed by atoms with Crippen LogP contribution in [0.5, 0.6) is 5.75 Å². The molecule has 1 aromatic carbocycles. The number of azo groups is 1. The van der Waals surface area contributed by atoms with E-state index in [0.29, 0.717) is 6.54 Å². The maximum absolute atomic E-state index is 10.8. The van der Waals surface area contributed by atoms with E-state index in [4.69, 9.17) is 9.84 Å². The Bertz CT molecular complexity index is 486. The summed E-state index contributed by atoms with van der Waals surface area (Å²) in [5, 5.41) is 17.1. The van der Waals surface area contributed by atoms with Gasteiger partial charge in [0.05, 0.1) is 13.0 Å². The summed E-state index contributed by atoms with van der Waals surface area (Å²) in [7, 11) is 0. The molecular formula is C12H12N2O3. The third-order valence-corrected chi connectivity index (χ3v) is 3.27. The van der Waals surface area contributed by atoms with E-state index in [1.165, 1.54) is 0 Å². The summed E-state index contributed by atoms with van der Waals surface area (Å²) in [6.07, 6.45) is -0.331. The number of carbonyl (C=O) groups is 1. The lowest BCUT2D eigenvalue weighted by Crippen LogP contribution is -2.37. The van der Waals surface area contributed by atoms with Crippen molar-refractivity contribution in [2.75, 3.05) is 6.54 Å². The lowest BCUT2D eigenvalue weighted by Gasteiger charge is -2.33. The molecule has 0 fully saturated rings. The Morgan fingerprint density at radius 1 is 1.47 bits per heavy atom. The average Bonchev–Trinajstić information content (AvgIpc) is 2.78. The highest BCUT2D eigenvalue weighted by molar-refractivity contribution is 5.67. The van der Waals surface area contributed by atoms with Crippen LogP contribution in [0, 0.1) is 5.92 Å². The van der Waals surface area contributed by atoms with Gasteiger partial charge >= 0.3 is 5.97 Å². The van der Waals surface area contributed by atoms with Gasteiger partial charge in [0.15, 0.2) is 0 Å². The van der Waals surface area contributed by atoms with Crippen LogP contribution in [0.2, 0.25) is 0 Å². The maximum atomic E-state index is 10.8. The number of carboxylic acids is 1. The molecule has 0 saturated heterocycles. The van der Waals surface area contributed by atoms with Crippen molar-refractivity contribution in [1.29, 1.82) is 0 Å². The fourth-order valence-corrected chi connectivity index (χ4v) is 2.48. The van der Waals surface area contributed by atoms with Gasteiger partial charge in [-0.3, -0.25) is 4.79 Å². The minimum Gasteiger partial charge on any atom is -0.489 e. The number of fused-ring (bicyclic) bond motifs is 3. The normalized spacial score (nSPS) is 29.3. The second-order valence-corrected chi connectivity index (χ2v) is 4.34. The highest BCUT2D eigenvalue weighted by atomic mass is 16.5. The zero-order valence-electron chi connectivity index (χ0n) is 9.11. The van der Waals surface area contributed by atoms with Crippen LogP contribution in [0.4, 0.5) is 0 Å². The average molecular weight is 232 g/mol. The van der Waals surface area contributed by atoms with Crippen molar-refractivity contribution in [1.82, 2.24) is 0 Å². The van der Waals surface area contributed by atoms with E-state index in [1.807, 2.05) is 24.3 Å². The van der Waals surface area contributed by atoms with Gasteiger partial charge in [0.25, 0.3) is 0 Å². The van der Waals surface area contributed by atoms with E-state index in [9.17, 15) is 4.79 Å². The number of rotatable bonds is 2. The molecule has 0 aromatic heterocycles. The first-order valence-corrected chi connectivity index (χ1v) is 5.59. The molecule has 3 unspecified atom stereocenters. The molecule has 0 saturated carbocycles. The molecular weight excluding hydrogens is 220 g/mol. The van der Waals surface area contributed by atoms with E-state index >= 15 is 0 Å². The molecule has 0 aliphatic carbocycles. The maximum Gasteiger partial charge on any atom is 0.307 e. The molecule has 0 spiro atoms. The molecule has 2 aliphatic rings. The molecule has 2 heterocycles. The summed E-state index contributed by atoms with van der Waals surface area (Å²) in [6, 6.07) is 7.60. The zero-order chi connectivity index (χ0) is 11.8. The summed E-state index contributed by atoms with van der Waals surface area (Å²) in [6.45, 7) is 0.553. The van der Waals surface area contributed by atoms with Crippen LogP contribution in [0.15, 0.2) is 34.5 Å². The van der Waals surface area contributed by atoms with E-state index in [0.717, 1.165) is 11.3 Å². The number of nitrogens with zero attached hydrogens (tertiary/aromatic N) is 2. The van der Waals surface area contributed by atoms with Gasteiger partial charge in [-0.15, -0.1) is 0 Å². The van der Waals surface area contributed by atoms with Crippen molar-refractivity contribution in [2.45, 2.75) is 18.6 Å². The Kier molecular flexibility index (Phi) is 2.31. The predicted octanol–water partition coefficient (Wildman–Crippen LogP) is 2.05. The standard InChI is InChI=1S/C12H12N2O3/c15-11(16)5-10-8-6-13-14-12(8)7-3-1-2-4-9(7)17-10/h1-4,8,10,12H,5-6H2,(H,15,16). The minimum absolute atomic E-state index is 0.000537. The second-order valence-electron chi connectivity index (χ2n) is 4.34. The number of benzene rings is 1. The molecule has 1 aromatic rings. The summed E-state index contributed by atoms with van der Waals surface area (Å²) < 4.78 is 5.76. The number of hydrogen-bond donors (Lipinski definition) is 1. The number of para-hydroxylation sites is 1. The van der Waals surface area contributed by atoms with Crippen LogP contribution in [0.1, 0.15) is 18.0 Å². The topological polar surface area (TPSA) is 71.2 Å². The summed E-state index contributed by atoms with van der Waals surface area (Å²) in [5.74, 6) is -0.0538. The van der Waals surface area contributed by atoms with Crippen LogP contribution >= 0.6 is 0 Å². The number of aliphatic carboxylic acids is 1. The van der Waals surface area contributed by atoms with Gasteiger partial charge in [-0.25, -0.2) is 0 Å². The molecule has 3 atom stereocenters. The van der Waals surface area contributed by atoms with Gasteiger partial charge in [0, 0.05) is 11.5 Å². The van der Waals surface area contributed by atoms with Crippen molar-refractivity contribution >= 4 is 5.97 Å². The molecule has 0 amide bonds. The minimum atomic E-state index is -0.847. The highest BCUT2D eigenvalue weighted by Crippen LogP contribution is 2.44. The second kappa shape index (κ2) is 3.84. The first-order chi connectivity index (χ1) is 8.25. The van der Waals surface area contributed by atoms with Gasteiger partial charge in [-0.1, -0.05) is 18.2 Å². The lowest BCUT2D eigenvalue weighted by atomic mass is 9.85. The molecule has 88 valence electrons. The summed E-state index contributed by atoms with van der Waals surface area (Å²) in [5.41, 5.74) is 1.01. The monoisotopic (exact) mass is 232 g/mol. The van der Waals surface area contributed by atoms with Crippen molar-refractivity contribution in [3.8, 4) is 5.75 Å². The molecule has 17 heavy (non-hydrogen) atoms. The Morgan fingerprint density at radius 3 is 3.12 bits per heavy atom. The van der Waals surface area contributed by atoms with Crippen LogP contribution in [0.3, 0.4) is 0 Å². The van der Waals surface area contributed by atoms with Crippen molar-refractivity contribution in [3.05, 3.63) is 29.8 Å². The van der Waals surface area contributed by atoms with Gasteiger partial charge < -0.3 is 9.84 Å². The predicted molar refractivity (Wildman–Crippen MR) is 59.1 cm³/mol. The molecule has 5 nitrogen and oxygen atoms in total. The van der Waals surface area contributed by atoms with Crippen LogP contribution < -0.4 is 4.74 Å². The Morgan fingerprint density at radius 2 is 2.29 bits per heavy atom. The molecule has 3 rings (SSSR count). The molecule has 1 N–H and O–H groups in total. The summed E-state index contributed by atoms with van der Waals surface area (Å²) >= 11 is 0. The smallest absolute Gasteiger partial charge is 0.307 e. The summed E-state index contributed by atoms with van der Waals surface area (Å²) in [4.78, 5) is 10.8. The quantitative estimate of drug-likeness (QED) is 0.848. The number of hydrogen-bond acceptors (Lipinski definition) is 4. The van der Waals surface area contributed by atoms with Crippen LogP contribution in [-0.2, 0) is 4.79 Å². The Labute approximate surface area is 98.1 Å². The van der Waals surface area contributed by atoms with E-state index in [-0.39, 0.29) is 24.5 Å². The SMILES string of the molecule is O=C(O)CC1Oc2ccccc2C2N=NCC12. The van der Waals surface area contributed by atoms with Gasteiger partial charge in [0.1, 0.15) is 17.9 Å².